The Labute approximate surface area is 142 Å². The lowest BCUT2D eigenvalue weighted by molar-refractivity contribution is -0.117. The molecule has 0 N–H and O–H groups in total. The lowest BCUT2D eigenvalue weighted by atomic mass is 10.1. The van der Waals surface area contributed by atoms with Crippen LogP contribution in [0.15, 0.2) is 46.9 Å². The Hall–Kier alpha value is -2.05. The number of para-hydroxylation sites is 1. The van der Waals surface area contributed by atoms with Crippen molar-refractivity contribution in [3.8, 4) is 11.5 Å². The van der Waals surface area contributed by atoms with E-state index >= 15 is 0 Å². The van der Waals surface area contributed by atoms with Crippen LogP contribution in [0.5, 0.6) is 11.5 Å². The smallest absolute Gasteiger partial charge is 0.255 e. The standard InChI is InChI=1S/C17H16BrNO4/c1-21-14-8-4-7-13(16(14)22-2)19-15(20)10-23-17(19)11-5-3-6-12(18)9-11/h3-9,17H,10H2,1-2H3. The highest BCUT2D eigenvalue weighted by Gasteiger charge is 2.36. The van der Waals surface area contributed by atoms with Crippen LogP contribution in [0.4, 0.5) is 5.69 Å². The van der Waals surface area contributed by atoms with Crippen molar-refractivity contribution in [3.63, 3.8) is 0 Å². The first-order valence-electron chi connectivity index (χ1n) is 7.06. The fraction of sp³-hybridized carbons (Fsp3) is 0.235. The highest BCUT2D eigenvalue weighted by molar-refractivity contribution is 9.10. The van der Waals surface area contributed by atoms with E-state index in [0.29, 0.717) is 17.2 Å². The van der Waals surface area contributed by atoms with Crippen LogP contribution in [0, 0.1) is 0 Å². The van der Waals surface area contributed by atoms with E-state index in [4.69, 9.17) is 14.2 Å². The van der Waals surface area contributed by atoms with Gasteiger partial charge in [0.1, 0.15) is 6.61 Å². The van der Waals surface area contributed by atoms with Gasteiger partial charge in [-0.3, -0.25) is 9.69 Å². The van der Waals surface area contributed by atoms with Gasteiger partial charge in [-0.05, 0) is 24.3 Å². The average molecular weight is 378 g/mol. The van der Waals surface area contributed by atoms with Crippen molar-refractivity contribution in [3.05, 3.63) is 52.5 Å². The first-order chi connectivity index (χ1) is 11.2. The Morgan fingerprint density at radius 3 is 2.65 bits per heavy atom. The van der Waals surface area contributed by atoms with E-state index in [0.717, 1.165) is 10.0 Å². The molecule has 0 aliphatic carbocycles. The number of halogens is 1. The summed E-state index contributed by atoms with van der Waals surface area (Å²) in [6, 6.07) is 13.1. The third-order valence-electron chi connectivity index (χ3n) is 3.64. The molecule has 1 amide bonds. The molecule has 120 valence electrons. The summed E-state index contributed by atoms with van der Waals surface area (Å²) in [4.78, 5) is 14.0. The quantitative estimate of drug-likeness (QED) is 0.817. The largest absolute Gasteiger partial charge is 0.493 e. The highest BCUT2D eigenvalue weighted by atomic mass is 79.9. The minimum atomic E-state index is -0.499. The second-order valence-electron chi connectivity index (χ2n) is 4.99. The maximum absolute atomic E-state index is 12.4. The minimum Gasteiger partial charge on any atom is -0.493 e. The molecule has 0 spiro atoms. The number of nitrogens with zero attached hydrogens (tertiary/aromatic N) is 1. The van der Waals surface area contributed by atoms with E-state index in [1.165, 1.54) is 0 Å². The molecule has 1 atom stereocenters. The molecule has 0 bridgehead atoms. The van der Waals surface area contributed by atoms with Crippen LogP contribution in [-0.4, -0.2) is 26.7 Å². The van der Waals surface area contributed by atoms with E-state index in [1.807, 2.05) is 36.4 Å². The topological polar surface area (TPSA) is 48.0 Å². The first-order valence-corrected chi connectivity index (χ1v) is 7.85. The Morgan fingerprint density at radius 2 is 1.96 bits per heavy atom. The van der Waals surface area contributed by atoms with Crippen molar-refractivity contribution in [2.45, 2.75) is 6.23 Å². The number of rotatable bonds is 4. The van der Waals surface area contributed by atoms with Crippen LogP contribution in [0.1, 0.15) is 11.8 Å². The second kappa shape index (κ2) is 6.60. The SMILES string of the molecule is COc1cccc(N2C(=O)COC2c2cccc(Br)c2)c1OC. The van der Waals surface area contributed by atoms with Gasteiger partial charge in [-0.25, -0.2) is 0 Å². The van der Waals surface area contributed by atoms with Gasteiger partial charge in [-0.2, -0.15) is 0 Å². The number of hydrogen-bond acceptors (Lipinski definition) is 4. The van der Waals surface area contributed by atoms with E-state index in [-0.39, 0.29) is 12.5 Å². The summed E-state index contributed by atoms with van der Waals surface area (Å²) in [5.74, 6) is 0.952. The molecule has 1 fully saturated rings. The number of anilines is 1. The fourth-order valence-corrected chi connectivity index (χ4v) is 3.07. The van der Waals surface area contributed by atoms with Crippen molar-refractivity contribution >= 4 is 27.5 Å². The number of carbonyl (C=O) groups excluding carboxylic acids is 1. The molecule has 23 heavy (non-hydrogen) atoms. The van der Waals surface area contributed by atoms with Gasteiger partial charge in [0.2, 0.25) is 0 Å². The van der Waals surface area contributed by atoms with Crippen molar-refractivity contribution in [2.75, 3.05) is 25.7 Å². The zero-order valence-corrected chi connectivity index (χ0v) is 14.4. The summed E-state index contributed by atoms with van der Waals surface area (Å²) in [5.41, 5.74) is 1.51. The maximum Gasteiger partial charge on any atom is 0.255 e. The molecule has 2 aromatic carbocycles. The molecule has 2 aromatic rings. The van der Waals surface area contributed by atoms with Crippen LogP contribution in [-0.2, 0) is 9.53 Å². The summed E-state index contributed by atoms with van der Waals surface area (Å²) in [6.07, 6.45) is -0.499. The molecule has 0 radical (unpaired) electrons. The van der Waals surface area contributed by atoms with Crippen LogP contribution in [0.3, 0.4) is 0 Å². The Morgan fingerprint density at radius 1 is 1.17 bits per heavy atom. The van der Waals surface area contributed by atoms with Crippen molar-refractivity contribution in [2.24, 2.45) is 0 Å². The molecule has 0 saturated carbocycles. The number of benzene rings is 2. The van der Waals surface area contributed by atoms with E-state index in [2.05, 4.69) is 15.9 Å². The summed E-state index contributed by atoms with van der Waals surface area (Å²) in [7, 11) is 3.12. The van der Waals surface area contributed by atoms with Gasteiger partial charge in [0.15, 0.2) is 17.7 Å². The van der Waals surface area contributed by atoms with Crippen molar-refractivity contribution < 1.29 is 19.0 Å². The Bertz CT molecular complexity index is 734. The molecule has 1 unspecified atom stereocenters. The Kier molecular flexibility index (Phi) is 4.54. The highest BCUT2D eigenvalue weighted by Crippen LogP contribution is 2.43. The van der Waals surface area contributed by atoms with Gasteiger partial charge in [-0.15, -0.1) is 0 Å². The van der Waals surface area contributed by atoms with Crippen LogP contribution in [0.25, 0.3) is 0 Å². The average Bonchev–Trinajstić information content (AvgIpc) is 2.95. The molecule has 1 heterocycles. The van der Waals surface area contributed by atoms with E-state index in [9.17, 15) is 4.79 Å². The fourth-order valence-electron chi connectivity index (χ4n) is 2.65. The number of hydrogen-bond donors (Lipinski definition) is 0. The molecule has 0 aromatic heterocycles. The molecule has 6 heteroatoms. The lowest BCUT2D eigenvalue weighted by Gasteiger charge is -2.26. The van der Waals surface area contributed by atoms with Gasteiger partial charge in [0.25, 0.3) is 5.91 Å². The second-order valence-corrected chi connectivity index (χ2v) is 5.91. The van der Waals surface area contributed by atoms with E-state index in [1.54, 1.807) is 25.2 Å². The molecule has 1 aliphatic rings. The molecule has 5 nitrogen and oxygen atoms in total. The number of carbonyl (C=O) groups is 1. The normalized spacial score (nSPS) is 17.4. The summed E-state index contributed by atoms with van der Waals surface area (Å²) >= 11 is 3.45. The third kappa shape index (κ3) is 2.92. The number of amides is 1. The van der Waals surface area contributed by atoms with Gasteiger partial charge in [-0.1, -0.05) is 34.1 Å². The van der Waals surface area contributed by atoms with Crippen molar-refractivity contribution in [1.29, 1.82) is 0 Å². The first kappa shape index (κ1) is 15.8. The zero-order chi connectivity index (χ0) is 16.4. The van der Waals surface area contributed by atoms with E-state index < -0.39 is 6.23 Å². The summed E-state index contributed by atoms with van der Waals surface area (Å²) in [5, 5.41) is 0. The molecular weight excluding hydrogens is 362 g/mol. The molecule has 3 rings (SSSR count). The van der Waals surface area contributed by atoms with Crippen LogP contribution in [0.2, 0.25) is 0 Å². The lowest BCUT2D eigenvalue weighted by Crippen LogP contribution is -2.28. The van der Waals surface area contributed by atoms with Gasteiger partial charge >= 0.3 is 0 Å². The zero-order valence-electron chi connectivity index (χ0n) is 12.8. The van der Waals surface area contributed by atoms with Gasteiger partial charge in [0.05, 0.1) is 19.9 Å². The maximum atomic E-state index is 12.4. The van der Waals surface area contributed by atoms with Gasteiger partial charge in [0, 0.05) is 10.0 Å². The molecule has 1 saturated heterocycles. The summed E-state index contributed by atoms with van der Waals surface area (Å²) < 4.78 is 17.4. The Balaban J connectivity index is 2.08. The van der Waals surface area contributed by atoms with Crippen molar-refractivity contribution in [1.82, 2.24) is 0 Å². The predicted octanol–water partition coefficient (Wildman–Crippen LogP) is 3.53. The third-order valence-corrected chi connectivity index (χ3v) is 4.14. The number of ether oxygens (including phenoxy) is 3. The monoisotopic (exact) mass is 377 g/mol. The summed E-state index contributed by atoms with van der Waals surface area (Å²) in [6.45, 7) is 0.0253. The van der Waals surface area contributed by atoms with Gasteiger partial charge < -0.3 is 14.2 Å². The van der Waals surface area contributed by atoms with Crippen LogP contribution < -0.4 is 14.4 Å². The minimum absolute atomic E-state index is 0.0253. The molecule has 1 aliphatic heterocycles. The predicted molar refractivity (Wildman–Crippen MR) is 89.9 cm³/mol. The number of methoxy groups -OCH3 is 2. The van der Waals surface area contributed by atoms with Crippen LogP contribution >= 0.6 is 15.9 Å². The molecular formula is C17H16BrNO4.